The zero-order valence-corrected chi connectivity index (χ0v) is 8.13. The summed E-state index contributed by atoms with van der Waals surface area (Å²) in [5, 5.41) is 19.4. The molecule has 4 N–H and O–H groups in total. The van der Waals surface area contributed by atoms with Gasteiger partial charge >= 0.3 is 0 Å². The number of benzene rings is 1. The van der Waals surface area contributed by atoms with Gasteiger partial charge in [-0.15, -0.1) is 0 Å². The highest BCUT2D eigenvalue weighted by Gasteiger charge is 2.19. The molecule has 2 aromatic rings. The highest BCUT2D eigenvalue weighted by Crippen LogP contribution is 2.24. The Balaban J connectivity index is 2.36. The van der Waals surface area contributed by atoms with Crippen molar-refractivity contribution in [1.82, 2.24) is 0 Å². The number of rotatable bonds is 3. The van der Waals surface area contributed by atoms with Gasteiger partial charge in [-0.3, -0.25) is 0 Å². The first-order valence-electron chi connectivity index (χ1n) is 4.75. The molecule has 0 aliphatic heterocycles. The predicted octanol–water partition coefficient (Wildman–Crippen LogP) is 0.786. The molecule has 4 nitrogen and oxygen atoms in total. The minimum Gasteiger partial charge on any atom is -0.458 e. The van der Waals surface area contributed by atoms with E-state index in [1.165, 1.54) is 0 Å². The van der Waals surface area contributed by atoms with Crippen LogP contribution >= 0.6 is 0 Å². The molecule has 2 rings (SSSR count). The Bertz CT molecular complexity index is 419. The molecule has 0 spiro atoms. The molecule has 15 heavy (non-hydrogen) atoms. The van der Waals surface area contributed by atoms with Gasteiger partial charge in [0.15, 0.2) is 0 Å². The van der Waals surface area contributed by atoms with Gasteiger partial charge in [0, 0.05) is 5.39 Å². The topological polar surface area (TPSA) is 79.6 Å². The zero-order chi connectivity index (χ0) is 10.8. The molecule has 0 radical (unpaired) electrons. The fraction of sp³-hybridized carbons (Fsp3) is 0.273. The highest BCUT2D eigenvalue weighted by atomic mass is 16.4. The largest absolute Gasteiger partial charge is 0.458 e. The Morgan fingerprint density at radius 1 is 1.33 bits per heavy atom. The molecule has 1 heterocycles. The Morgan fingerprint density at radius 3 is 2.73 bits per heavy atom. The molecule has 4 heteroatoms. The second-order valence-corrected chi connectivity index (χ2v) is 3.48. The van der Waals surface area contributed by atoms with Crippen molar-refractivity contribution >= 4 is 11.0 Å². The van der Waals surface area contributed by atoms with E-state index in [-0.39, 0.29) is 6.61 Å². The Labute approximate surface area is 86.9 Å². The van der Waals surface area contributed by atoms with Crippen molar-refractivity contribution in [1.29, 1.82) is 0 Å². The van der Waals surface area contributed by atoms with Crippen LogP contribution in [0.3, 0.4) is 0 Å². The first kappa shape index (κ1) is 10.2. The number of para-hydroxylation sites is 1. The maximum Gasteiger partial charge on any atom is 0.135 e. The van der Waals surface area contributed by atoms with Crippen molar-refractivity contribution in [2.24, 2.45) is 5.73 Å². The normalized spacial score (nSPS) is 15.4. The SMILES string of the molecule is NC(CO)C(O)c1cc2ccccc2o1. The standard InChI is InChI=1S/C11H13NO3/c12-8(6-13)11(14)10-5-7-3-1-2-4-9(7)15-10/h1-5,8,11,13-14H,6,12H2. The van der Waals surface area contributed by atoms with Crippen molar-refractivity contribution in [3.8, 4) is 0 Å². The summed E-state index contributed by atoms with van der Waals surface area (Å²) in [5.41, 5.74) is 6.22. The van der Waals surface area contributed by atoms with E-state index in [9.17, 15) is 5.11 Å². The van der Waals surface area contributed by atoms with Crippen LogP contribution < -0.4 is 5.73 Å². The quantitative estimate of drug-likeness (QED) is 0.695. The number of hydrogen-bond acceptors (Lipinski definition) is 4. The summed E-state index contributed by atoms with van der Waals surface area (Å²) in [4.78, 5) is 0. The molecule has 2 unspecified atom stereocenters. The minimum absolute atomic E-state index is 0.280. The first-order valence-corrected chi connectivity index (χ1v) is 4.75. The van der Waals surface area contributed by atoms with Gasteiger partial charge in [0.25, 0.3) is 0 Å². The van der Waals surface area contributed by atoms with Gasteiger partial charge in [-0.1, -0.05) is 18.2 Å². The van der Waals surface area contributed by atoms with Gasteiger partial charge in [-0.25, -0.2) is 0 Å². The lowest BCUT2D eigenvalue weighted by molar-refractivity contribution is 0.0919. The van der Waals surface area contributed by atoms with E-state index >= 15 is 0 Å². The molecule has 1 aromatic heterocycles. The summed E-state index contributed by atoms with van der Waals surface area (Å²) >= 11 is 0. The molecular weight excluding hydrogens is 194 g/mol. The van der Waals surface area contributed by atoms with Crippen molar-refractivity contribution in [2.75, 3.05) is 6.61 Å². The summed E-state index contributed by atoms with van der Waals surface area (Å²) in [6.07, 6.45) is -0.970. The van der Waals surface area contributed by atoms with Crippen LogP contribution in [0.25, 0.3) is 11.0 Å². The second-order valence-electron chi connectivity index (χ2n) is 3.48. The lowest BCUT2D eigenvalue weighted by Gasteiger charge is -2.13. The third-order valence-corrected chi connectivity index (χ3v) is 2.35. The molecule has 0 saturated heterocycles. The fourth-order valence-corrected chi connectivity index (χ4v) is 1.46. The van der Waals surface area contributed by atoms with Gasteiger partial charge in [-0.2, -0.15) is 0 Å². The van der Waals surface area contributed by atoms with E-state index in [0.29, 0.717) is 11.3 Å². The van der Waals surface area contributed by atoms with Crippen molar-refractivity contribution < 1.29 is 14.6 Å². The highest BCUT2D eigenvalue weighted by molar-refractivity contribution is 5.77. The maximum absolute atomic E-state index is 9.71. The third-order valence-electron chi connectivity index (χ3n) is 2.35. The smallest absolute Gasteiger partial charge is 0.135 e. The maximum atomic E-state index is 9.71. The molecular formula is C11H13NO3. The van der Waals surface area contributed by atoms with Crippen LogP contribution in [-0.2, 0) is 0 Å². The summed E-state index contributed by atoms with van der Waals surface area (Å²) in [6, 6.07) is 8.46. The number of aliphatic hydroxyl groups excluding tert-OH is 2. The Morgan fingerprint density at radius 2 is 2.07 bits per heavy atom. The van der Waals surface area contributed by atoms with E-state index in [1.807, 2.05) is 24.3 Å². The average Bonchev–Trinajstić information content (AvgIpc) is 2.70. The summed E-state index contributed by atoms with van der Waals surface area (Å²) in [5.74, 6) is 0.387. The van der Waals surface area contributed by atoms with E-state index in [2.05, 4.69) is 0 Å². The number of nitrogens with two attached hydrogens (primary N) is 1. The van der Waals surface area contributed by atoms with Gasteiger partial charge in [0.1, 0.15) is 17.4 Å². The van der Waals surface area contributed by atoms with Crippen LogP contribution in [0.1, 0.15) is 11.9 Å². The molecule has 0 aliphatic carbocycles. The van der Waals surface area contributed by atoms with Crippen LogP contribution in [0.4, 0.5) is 0 Å². The number of fused-ring (bicyclic) bond motifs is 1. The monoisotopic (exact) mass is 207 g/mol. The summed E-state index contributed by atoms with van der Waals surface area (Å²) in [7, 11) is 0. The van der Waals surface area contributed by atoms with Gasteiger partial charge < -0.3 is 20.4 Å². The van der Waals surface area contributed by atoms with E-state index in [0.717, 1.165) is 5.39 Å². The first-order chi connectivity index (χ1) is 7.22. The average molecular weight is 207 g/mol. The third kappa shape index (κ3) is 1.87. The van der Waals surface area contributed by atoms with Gasteiger partial charge in [0.05, 0.1) is 12.6 Å². The van der Waals surface area contributed by atoms with E-state index in [4.69, 9.17) is 15.3 Å². The van der Waals surface area contributed by atoms with E-state index < -0.39 is 12.1 Å². The van der Waals surface area contributed by atoms with Gasteiger partial charge in [-0.05, 0) is 12.1 Å². The zero-order valence-electron chi connectivity index (χ0n) is 8.13. The predicted molar refractivity (Wildman–Crippen MR) is 56.2 cm³/mol. The molecule has 0 fully saturated rings. The molecule has 0 saturated carbocycles. The Kier molecular flexibility index (Phi) is 2.73. The van der Waals surface area contributed by atoms with Crippen molar-refractivity contribution in [2.45, 2.75) is 12.1 Å². The summed E-state index contributed by atoms with van der Waals surface area (Å²) in [6.45, 7) is -0.280. The van der Waals surface area contributed by atoms with Crippen LogP contribution in [0.2, 0.25) is 0 Å². The van der Waals surface area contributed by atoms with Crippen LogP contribution in [0.5, 0.6) is 0 Å². The second kappa shape index (κ2) is 4.02. The van der Waals surface area contributed by atoms with Crippen LogP contribution in [0.15, 0.2) is 34.7 Å². The fourth-order valence-electron chi connectivity index (χ4n) is 1.46. The molecule has 0 bridgehead atoms. The lowest BCUT2D eigenvalue weighted by Crippen LogP contribution is -2.31. The minimum atomic E-state index is -0.970. The number of aliphatic hydroxyl groups is 2. The molecule has 2 atom stereocenters. The number of furan rings is 1. The molecule has 0 amide bonds. The van der Waals surface area contributed by atoms with Crippen LogP contribution in [-0.4, -0.2) is 22.9 Å². The van der Waals surface area contributed by atoms with Crippen molar-refractivity contribution in [3.63, 3.8) is 0 Å². The molecule has 0 aliphatic rings. The van der Waals surface area contributed by atoms with Crippen LogP contribution in [0, 0.1) is 0 Å². The lowest BCUT2D eigenvalue weighted by atomic mass is 10.1. The molecule has 1 aromatic carbocycles. The van der Waals surface area contributed by atoms with Gasteiger partial charge in [0.2, 0.25) is 0 Å². The Hall–Kier alpha value is -1.36. The molecule has 80 valence electrons. The van der Waals surface area contributed by atoms with E-state index in [1.54, 1.807) is 6.07 Å². The van der Waals surface area contributed by atoms with Crippen molar-refractivity contribution in [3.05, 3.63) is 36.1 Å². The number of hydrogen-bond donors (Lipinski definition) is 3. The summed E-state index contributed by atoms with van der Waals surface area (Å²) < 4.78 is 5.41.